The van der Waals surface area contributed by atoms with Crippen LogP contribution in [-0.2, 0) is 54.3 Å². The third-order valence-corrected chi connectivity index (χ3v) is 14.7. The highest BCUT2D eigenvalue weighted by atomic mass is 79.9. The summed E-state index contributed by atoms with van der Waals surface area (Å²) >= 11 is 3.25. The average molecular weight is 915 g/mol. The molecule has 4 aliphatic rings. The number of carbonyl (C=O) groups excluding carboxylic acids is 5. The van der Waals surface area contributed by atoms with Crippen LogP contribution in [-0.4, -0.2) is 115 Å². The van der Waals surface area contributed by atoms with E-state index in [9.17, 15) is 39.6 Å². The van der Waals surface area contributed by atoms with Gasteiger partial charge in [0.25, 0.3) is 0 Å². The van der Waals surface area contributed by atoms with Crippen molar-refractivity contribution < 1.29 is 68.1 Å². The van der Waals surface area contributed by atoms with Gasteiger partial charge in [0.2, 0.25) is 5.91 Å². The predicted molar refractivity (Wildman–Crippen MR) is 220 cm³/mol. The summed E-state index contributed by atoms with van der Waals surface area (Å²) in [6.07, 6.45) is -10.8. The Kier molecular flexibility index (Phi) is 12.9. The highest BCUT2D eigenvalue weighted by Crippen LogP contribution is 2.64. The van der Waals surface area contributed by atoms with Crippen molar-refractivity contribution in [2.75, 3.05) is 6.61 Å². The largest absolute Gasteiger partial charge is 0.456 e. The zero-order valence-corrected chi connectivity index (χ0v) is 37.1. The third-order valence-electron chi connectivity index (χ3n) is 13.7. The molecule has 6 rings (SSSR count). The van der Waals surface area contributed by atoms with Crippen molar-refractivity contribution in [3.8, 4) is 0 Å². The monoisotopic (exact) mass is 913 g/mol. The summed E-state index contributed by atoms with van der Waals surface area (Å²) in [7, 11) is 0. The molecule has 0 aromatic heterocycles. The number of amides is 1. The van der Waals surface area contributed by atoms with Gasteiger partial charge in [-0.1, -0.05) is 90.4 Å². The number of fused-ring (bicyclic) bond motifs is 5. The number of Topliss-reactive ketones (excluding diaryl/α,β-unsaturated/α-hetero) is 1. The Hall–Kier alpha value is -4.03. The molecule has 1 amide bonds. The SMILES string of the molecule is CC(=O)O[C@H]1C(=O)[C@]2(C)[C@@H](O)CC3OC[C@@]3(OC(C)=O)[C@H]2[C@H](OCc2ccccc2)[C@]2(O)C[C@H](OC(=O)[C@H](O)[C@@H](NC(=O)[C@@](C)(Br)[C@H](C)O)c3ccccc3)C(C)=C1C2(C)C. The van der Waals surface area contributed by atoms with E-state index in [0.717, 1.165) is 6.92 Å². The molecule has 2 aromatic carbocycles. The lowest BCUT2D eigenvalue weighted by Gasteiger charge is -2.67. The zero-order valence-electron chi connectivity index (χ0n) is 35.5. The molecule has 1 aliphatic heterocycles. The minimum absolute atomic E-state index is 0.0855. The molecule has 2 bridgehead atoms. The molecule has 13 atom stereocenters. The maximum absolute atomic E-state index is 15.5. The van der Waals surface area contributed by atoms with Crippen LogP contribution in [0.25, 0.3) is 0 Å². The number of esters is 3. The molecule has 15 nitrogen and oxygen atoms in total. The third kappa shape index (κ3) is 7.87. The van der Waals surface area contributed by atoms with Gasteiger partial charge in [-0.2, -0.15) is 0 Å². The number of ketones is 1. The second-order valence-electron chi connectivity index (χ2n) is 17.8. The number of nitrogens with one attached hydrogen (secondary N) is 1. The Labute approximate surface area is 363 Å². The number of halogens is 1. The lowest BCUT2D eigenvalue weighted by molar-refractivity contribution is -0.351. The molecular weight excluding hydrogens is 858 g/mol. The fraction of sp³-hybridized carbons (Fsp3) is 0.578. The van der Waals surface area contributed by atoms with Gasteiger partial charge >= 0.3 is 17.9 Å². The zero-order chi connectivity index (χ0) is 45.0. The van der Waals surface area contributed by atoms with Crippen molar-refractivity contribution >= 4 is 45.5 Å². The number of hydrogen-bond acceptors (Lipinski definition) is 14. The lowest BCUT2D eigenvalue weighted by atomic mass is 9.44. The van der Waals surface area contributed by atoms with E-state index in [1.807, 2.05) is 6.07 Å². The molecule has 16 heteroatoms. The Morgan fingerprint density at radius 3 is 2.13 bits per heavy atom. The van der Waals surface area contributed by atoms with E-state index in [2.05, 4.69) is 21.2 Å². The first-order valence-electron chi connectivity index (χ1n) is 20.4. The number of alkyl halides is 1. The van der Waals surface area contributed by atoms with Crippen LogP contribution >= 0.6 is 15.9 Å². The van der Waals surface area contributed by atoms with Gasteiger partial charge in [0.15, 0.2) is 23.6 Å². The van der Waals surface area contributed by atoms with Crippen molar-refractivity contribution in [1.82, 2.24) is 5.32 Å². The summed E-state index contributed by atoms with van der Waals surface area (Å²) in [5.41, 5.74) is -5.89. The quantitative estimate of drug-likeness (QED) is 0.0893. The van der Waals surface area contributed by atoms with Crippen molar-refractivity contribution in [2.45, 2.75) is 139 Å². The summed E-state index contributed by atoms with van der Waals surface area (Å²) in [5, 5.41) is 50.5. The van der Waals surface area contributed by atoms with Gasteiger partial charge in [0, 0.05) is 38.0 Å². The van der Waals surface area contributed by atoms with Crippen LogP contribution < -0.4 is 5.32 Å². The van der Waals surface area contributed by atoms with E-state index in [1.54, 1.807) is 75.4 Å². The van der Waals surface area contributed by atoms with E-state index < -0.39 is 117 Å². The topological polar surface area (TPSA) is 224 Å². The first-order chi connectivity index (χ1) is 28.4. The van der Waals surface area contributed by atoms with E-state index in [-0.39, 0.29) is 30.8 Å². The molecular formula is C45H56BrNO14. The Balaban J connectivity index is 1.52. The smallest absolute Gasteiger partial charge is 0.338 e. The van der Waals surface area contributed by atoms with Crippen LogP contribution in [0.15, 0.2) is 71.8 Å². The minimum atomic E-state index is -2.18. The maximum atomic E-state index is 15.5. The highest BCUT2D eigenvalue weighted by Gasteiger charge is 2.77. The first kappa shape index (κ1) is 46.5. The van der Waals surface area contributed by atoms with E-state index in [1.165, 1.54) is 27.7 Å². The summed E-state index contributed by atoms with van der Waals surface area (Å²) in [6, 6.07) is 15.8. The standard InChI is InChI=1S/C45H56BrNO14/c1-23-29(60-39(54)34(52)33(28-17-13-10-14-18-28)47-40(55)43(8,46)24(2)48)20-45(56)38(57-21-27-15-11-9-12-16-27)36-42(7,30(51)19-31-44(36,22-58-31)61-26(4)50)37(53)35(59-25(3)49)32(23)41(45,5)6/h9-18,24,29-31,33-36,38,48,51-52,56H,19-22H2,1-8H3,(H,47,55)/t24-,29-,30-,31?,33-,34+,35+,36-,38-,42+,43-,44-,45+/m0/s1. The summed E-state index contributed by atoms with van der Waals surface area (Å²) in [5.74, 6) is -5.62. The Bertz CT molecular complexity index is 2060. The number of hydrogen-bond donors (Lipinski definition) is 5. The minimum Gasteiger partial charge on any atom is -0.456 e. The van der Waals surface area contributed by atoms with Gasteiger partial charge in [-0.25, -0.2) is 4.79 Å². The fourth-order valence-electron chi connectivity index (χ4n) is 9.91. The lowest BCUT2D eigenvalue weighted by Crippen LogP contribution is -2.81. The van der Waals surface area contributed by atoms with Crippen molar-refractivity contribution in [2.24, 2.45) is 16.7 Å². The molecule has 61 heavy (non-hydrogen) atoms. The molecule has 3 aliphatic carbocycles. The van der Waals surface area contributed by atoms with Gasteiger partial charge in [-0.15, -0.1) is 0 Å². The molecule has 1 unspecified atom stereocenters. The van der Waals surface area contributed by atoms with Crippen molar-refractivity contribution in [3.05, 3.63) is 82.9 Å². The molecule has 332 valence electrons. The van der Waals surface area contributed by atoms with Crippen molar-refractivity contribution in [1.29, 1.82) is 0 Å². The van der Waals surface area contributed by atoms with Gasteiger partial charge in [-0.3, -0.25) is 19.2 Å². The molecule has 3 fully saturated rings. The highest BCUT2D eigenvalue weighted by molar-refractivity contribution is 9.10. The van der Waals surface area contributed by atoms with E-state index >= 15 is 4.79 Å². The van der Waals surface area contributed by atoms with Crippen LogP contribution in [0.4, 0.5) is 0 Å². The number of benzene rings is 2. The van der Waals surface area contributed by atoms with Crippen LogP contribution in [0.2, 0.25) is 0 Å². The van der Waals surface area contributed by atoms with E-state index in [0.29, 0.717) is 11.1 Å². The maximum Gasteiger partial charge on any atom is 0.338 e. The molecule has 2 saturated carbocycles. The average Bonchev–Trinajstić information content (AvgIpc) is 3.19. The summed E-state index contributed by atoms with van der Waals surface area (Å²) in [4.78, 5) is 69.2. The Morgan fingerprint density at radius 2 is 1.59 bits per heavy atom. The number of rotatable bonds is 12. The number of aliphatic hydroxyl groups is 4. The van der Waals surface area contributed by atoms with Gasteiger partial charge in [-0.05, 0) is 50.0 Å². The molecule has 1 heterocycles. The summed E-state index contributed by atoms with van der Waals surface area (Å²) < 4.78 is 29.3. The Morgan fingerprint density at radius 1 is 0.984 bits per heavy atom. The summed E-state index contributed by atoms with van der Waals surface area (Å²) in [6.45, 7) is 11.2. The van der Waals surface area contributed by atoms with Crippen LogP contribution in [0, 0.1) is 16.7 Å². The molecule has 2 aromatic rings. The van der Waals surface area contributed by atoms with Crippen molar-refractivity contribution in [3.63, 3.8) is 0 Å². The molecule has 5 N–H and O–H groups in total. The first-order valence-corrected chi connectivity index (χ1v) is 21.2. The normalized spacial score (nSPS) is 34.0. The molecule has 1 saturated heterocycles. The van der Waals surface area contributed by atoms with Gasteiger partial charge in [0.05, 0.1) is 43.0 Å². The van der Waals surface area contributed by atoms with E-state index in [4.69, 9.17) is 23.7 Å². The van der Waals surface area contributed by atoms with Crippen LogP contribution in [0.3, 0.4) is 0 Å². The van der Waals surface area contributed by atoms with Gasteiger partial charge in [0.1, 0.15) is 22.1 Å². The van der Waals surface area contributed by atoms with Crippen LogP contribution in [0.1, 0.15) is 85.4 Å². The van der Waals surface area contributed by atoms with Gasteiger partial charge < -0.3 is 49.4 Å². The second-order valence-corrected chi connectivity index (χ2v) is 19.4. The second kappa shape index (κ2) is 16.9. The number of aliphatic hydroxyl groups excluding tert-OH is 3. The fourth-order valence-corrected chi connectivity index (χ4v) is 10.0. The molecule has 0 radical (unpaired) electrons. The number of carbonyl (C=O) groups is 5. The predicted octanol–water partition coefficient (Wildman–Crippen LogP) is 3.32. The van der Waals surface area contributed by atoms with Crippen LogP contribution in [0.5, 0.6) is 0 Å². The molecule has 0 spiro atoms. The number of ether oxygens (including phenoxy) is 5.